The SMILES string of the molecule is CC(=O)Nc1ccc(NC(=O)COC(=O)c2c(C)c(C)c(C)c(C)c2C)cc1. The van der Waals surface area contributed by atoms with E-state index in [9.17, 15) is 14.4 Å². The Kier molecular flexibility index (Phi) is 6.57. The molecule has 2 N–H and O–H groups in total. The molecule has 0 bridgehead atoms. The molecule has 0 aliphatic carbocycles. The van der Waals surface area contributed by atoms with Crippen LogP contribution >= 0.6 is 0 Å². The molecule has 0 aromatic heterocycles. The minimum absolute atomic E-state index is 0.170. The molecule has 2 amide bonds. The Morgan fingerprint density at radius 2 is 1.18 bits per heavy atom. The molecular weight excluding hydrogens is 356 g/mol. The molecule has 0 heterocycles. The van der Waals surface area contributed by atoms with Crippen LogP contribution < -0.4 is 10.6 Å². The fourth-order valence-electron chi connectivity index (χ4n) is 3.05. The van der Waals surface area contributed by atoms with Gasteiger partial charge in [0.05, 0.1) is 5.56 Å². The monoisotopic (exact) mass is 382 g/mol. The summed E-state index contributed by atoms with van der Waals surface area (Å²) in [7, 11) is 0. The van der Waals surface area contributed by atoms with Crippen molar-refractivity contribution in [3.8, 4) is 0 Å². The molecule has 6 nitrogen and oxygen atoms in total. The largest absolute Gasteiger partial charge is 0.452 e. The van der Waals surface area contributed by atoms with Gasteiger partial charge < -0.3 is 15.4 Å². The number of amides is 2. The number of hydrogen-bond acceptors (Lipinski definition) is 4. The van der Waals surface area contributed by atoms with Crippen LogP contribution in [0.2, 0.25) is 0 Å². The summed E-state index contributed by atoms with van der Waals surface area (Å²) < 4.78 is 5.24. The smallest absolute Gasteiger partial charge is 0.339 e. The zero-order valence-corrected chi connectivity index (χ0v) is 17.1. The van der Waals surface area contributed by atoms with Crippen molar-refractivity contribution in [2.24, 2.45) is 0 Å². The lowest BCUT2D eigenvalue weighted by molar-refractivity contribution is -0.119. The second-order valence-electron chi connectivity index (χ2n) is 6.88. The number of carbonyl (C=O) groups excluding carboxylic acids is 3. The Labute approximate surface area is 165 Å². The Balaban J connectivity index is 2.02. The number of ether oxygens (including phenoxy) is 1. The molecule has 0 aliphatic heterocycles. The van der Waals surface area contributed by atoms with Crippen molar-refractivity contribution < 1.29 is 19.1 Å². The van der Waals surface area contributed by atoms with Gasteiger partial charge in [0.2, 0.25) is 5.91 Å². The maximum absolute atomic E-state index is 12.6. The van der Waals surface area contributed by atoms with E-state index >= 15 is 0 Å². The number of benzene rings is 2. The van der Waals surface area contributed by atoms with E-state index in [-0.39, 0.29) is 12.5 Å². The molecule has 0 aliphatic rings. The number of hydrogen-bond donors (Lipinski definition) is 2. The zero-order chi connectivity index (χ0) is 21.0. The van der Waals surface area contributed by atoms with Crippen LogP contribution in [0.4, 0.5) is 11.4 Å². The summed E-state index contributed by atoms with van der Waals surface area (Å²) in [4.78, 5) is 35.7. The van der Waals surface area contributed by atoms with Crippen LogP contribution in [0.25, 0.3) is 0 Å². The minimum atomic E-state index is -0.502. The summed E-state index contributed by atoms with van der Waals surface area (Å²) in [5.74, 6) is -1.11. The molecule has 0 saturated carbocycles. The number of nitrogens with one attached hydrogen (secondary N) is 2. The average molecular weight is 382 g/mol. The molecule has 0 fully saturated rings. The van der Waals surface area contributed by atoms with Gasteiger partial charge in [-0.15, -0.1) is 0 Å². The second-order valence-corrected chi connectivity index (χ2v) is 6.88. The Bertz CT molecular complexity index is 902. The molecular formula is C22H26N2O4. The molecule has 148 valence electrons. The summed E-state index contributed by atoms with van der Waals surface area (Å²) in [6.07, 6.45) is 0. The first-order chi connectivity index (χ1) is 13.1. The first-order valence-corrected chi connectivity index (χ1v) is 9.03. The van der Waals surface area contributed by atoms with E-state index in [1.54, 1.807) is 24.3 Å². The first-order valence-electron chi connectivity index (χ1n) is 9.03. The van der Waals surface area contributed by atoms with Crippen molar-refractivity contribution in [2.75, 3.05) is 17.2 Å². The molecule has 6 heteroatoms. The number of esters is 1. The third-order valence-corrected chi connectivity index (χ3v) is 5.03. The summed E-state index contributed by atoms with van der Waals surface area (Å²) in [5, 5.41) is 5.31. The number of anilines is 2. The quantitative estimate of drug-likeness (QED) is 0.766. The molecule has 2 rings (SSSR count). The predicted molar refractivity (Wildman–Crippen MR) is 110 cm³/mol. The van der Waals surface area contributed by atoms with E-state index in [0.29, 0.717) is 16.9 Å². The third-order valence-electron chi connectivity index (χ3n) is 5.03. The maximum Gasteiger partial charge on any atom is 0.339 e. The van der Waals surface area contributed by atoms with Crippen LogP contribution in [0.1, 0.15) is 45.1 Å². The molecule has 28 heavy (non-hydrogen) atoms. The fraction of sp³-hybridized carbons (Fsp3) is 0.318. The van der Waals surface area contributed by atoms with E-state index in [4.69, 9.17) is 4.74 Å². The highest BCUT2D eigenvalue weighted by atomic mass is 16.5. The van der Waals surface area contributed by atoms with E-state index < -0.39 is 11.9 Å². The molecule has 0 unspecified atom stereocenters. The van der Waals surface area contributed by atoms with Gasteiger partial charge in [-0.2, -0.15) is 0 Å². The van der Waals surface area contributed by atoms with Gasteiger partial charge in [-0.25, -0.2) is 4.79 Å². The highest BCUT2D eigenvalue weighted by molar-refractivity contribution is 5.97. The van der Waals surface area contributed by atoms with Crippen molar-refractivity contribution in [1.29, 1.82) is 0 Å². The Morgan fingerprint density at radius 1 is 0.750 bits per heavy atom. The van der Waals surface area contributed by atoms with E-state index in [0.717, 1.165) is 27.8 Å². The van der Waals surface area contributed by atoms with Crippen LogP contribution in [0, 0.1) is 34.6 Å². The van der Waals surface area contributed by atoms with Crippen molar-refractivity contribution in [1.82, 2.24) is 0 Å². The van der Waals surface area contributed by atoms with Gasteiger partial charge in [0.15, 0.2) is 6.61 Å². The summed E-state index contributed by atoms with van der Waals surface area (Å²) >= 11 is 0. The van der Waals surface area contributed by atoms with Gasteiger partial charge in [-0.1, -0.05) is 0 Å². The van der Waals surface area contributed by atoms with Gasteiger partial charge in [-0.05, 0) is 86.7 Å². The van der Waals surface area contributed by atoms with E-state index in [1.165, 1.54) is 6.92 Å². The van der Waals surface area contributed by atoms with Gasteiger partial charge >= 0.3 is 5.97 Å². The Hall–Kier alpha value is -3.15. The number of carbonyl (C=O) groups is 3. The first kappa shape index (κ1) is 21.2. The highest BCUT2D eigenvalue weighted by Gasteiger charge is 2.20. The third kappa shape index (κ3) is 4.76. The fourth-order valence-corrected chi connectivity index (χ4v) is 3.05. The second kappa shape index (κ2) is 8.69. The van der Waals surface area contributed by atoms with Gasteiger partial charge in [0.1, 0.15) is 0 Å². The van der Waals surface area contributed by atoms with Gasteiger partial charge in [0, 0.05) is 18.3 Å². The van der Waals surface area contributed by atoms with Crippen LogP contribution in [0.5, 0.6) is 0 Å². The molecule has 0 saturated heterocycles. The normalized spacial score (nSPS) is 10.4. The van der Waals surface area contributed by atoms with E-state index in [1.807, 2.05) is 34.6 Å². The van der Waals surface area contributed by atoms with Gasteiger partial charge in [0.25, 0.3) is 5.91 Å². The van der Waals surface area contributed by atoms with Crippen LogP contribution in [0.3, 0.4) is 0 Å². The maximum atomic E-state index is 12.6. The van der Waals surface area contributed by atoms with Crippen LogP contribution in [0.15, 0.2) is 24.3 Å². The number of rotatable bonds is 5. The average Bonchev–Trinajstić information content (AvgIpc) is 2.64. The lowest BCUT2D eigenvalue weighted by Gasteiger charge is -2.17. The minimum Gasteiger partial charge on any atom is -0.452 e. The summed E-state index contributed by atoms with van der Waals surface area (Å²) in [6.45, 7) is 10.8. The lowest BCUT2D eigenvalue weighted by Crippen LogP contribution is -2.22. The Morgan fingerprint density at radius 3 is 1.64 bits per heavy atom. The molecule has 0 atom stereocenters. The van der Waals surface area contributed by atoms with Gasteiger partial charge in [-0.3, -0.25) is 9.59 Å². The van der Waals surface area contributed by atoms with Crippen molar-refractivity contribution in [3.63, 3.8) is 0 Å². The molecule has 2 aromatic carbocycles. The van der Waals surface area contributed by atoms with Crippen molar-refractivity contribution in [3.05, 3.63) is 57.6 Å². The molecule has 0 spiro atoms. The van der Waals surface area contributed by atoms with Crippen LogP contribution in [-0.2, 0) is 14.3 Å². The molecule has 0 radical (unpaired) electrons. The van der Waals surface area contributed by atoms with Crippen molar-refractivity contribution >= 4 is 29.2 Å². The zero-order valence-electron chi connectivity index (χ0n) is 17.1. The molecule has 2 aromatic rings. The van der Waals surface area contributed by atoms with Crippen molar-refractivity contribution in [2.45, 2.75) is 41.5 Å². The highest BCUT2D eigenvalue weighted by Crippen LogP contribution is 2.26. The van der Waals surface area contributed by atoms with E-state index in [2.05, 4.69) is 10.6 Å². The predicted octanol–water partition coefficient (Wildman–Crippen LogP) is 3.98. The van der Waals surface area contributed by atoms with Crippen LogP contribution in [-0.4, -0.2) is 24.4 Å². The topological polar surface area (TPSA) is 84.5 Å². The summed E-state index contributed by atoms with van der Waals surface area (Å²) in [6, 6.07) is 6.67. The lowest BCUT2D eigenvalue weighted by atomic mass is 9.90. The standard InChI is InChI=1S/C22H26N2O4/c1-12-13(2)15(4)21(16(5)14(12)3)22(27)28-11-20(26)24-19-9-7-18(8-10-19)23-17(6)25/h7-10H,11H2,1-6H3,(H,23,25)(H,24,26). The summed E-state index contributed by atoms with van der Waals surface area (Å²) in [5.41, 5.74) is 6.72.